The van der Waals surface area contributed by atoms with Gasteiger partial charge in [-0.3, -0.25) is 4.99 Å². The van der Waals surface area contributed by atoms with Gasteiger partial charge in [-0.15, -0.1) is 0 Å². The van der Waals surface area contributed by atoms with Crippen LogP contribution < -0.4 is 0 Å². The maximum Gasteiger partial charge on any atom is 0.119 e. The first kappa shape index (κ1) is 13.3. The molecule has 0 saturated carbocycles. The number of hydrogen-bond acceptors (Lipinski definition) is 2. The number of benzene rings is 1. The molecule has 0 aromatic heterocycles. The van der Waals surface area contributed by atoms with Crippen molar-refractivity contribution in [2.75, 3.05) is 7.11 Å². The van der Waals surface area contributed by atoms with E-state index in [-0.39, 0.29) is 0 Å². The van der Waals surface area contributed by atoms with Gasteiger partial charge in [-0.25, -0.2) is 0 Å². The standard InChI is InChI=1S/C17H19NO/c1-12-5-6-15(13(2)9-12)11-18-17-8-7-16(19-4)10-14(17)3/h5-10H,3,11H2,1-2,4H3. The van der Waals surface area contributed by atoms with E-state index in [1.54, 1.807) is 7.11 Å². The van der Waals surface area contributed by atoms with E-state index in [0.29, 0.717) is 6.54 Å². The zero-order chi connectivity index (χ0) is 13.8. The van der Waals surface area contributed by atoms with Crippen LogP contribution >= 0.6 is 0 Å². The largest absolute Gasteiger partial charge is 0.497 e. The molecule has 1 aliphatic rings. The number of rotatable bonds is 3. The Morgan fingerprint density at radius 3 is 2.63 bits per heavy atom. The van der Waals surface area contributed by atoms with E-state index < -0.39 is 0 Å². The second-order valence-corrected chi connectivity index (χ2v) is 4.74. The van der Waals surface area contributed by atoms with Crippen molar-refractivity contribution in [1.29, 1.82) is 0 Å². The summed E-state index contributed by atoms with van der Waals surface area (Å²) in [6, 6.07) is 6.45. The average molecular weight is 253 g/mol. The minimum absolute atomic E-state index is 0.682. The zero-order valence-corrected chi connectivity index (χ0v) is 11.7. The molecule has 0 aliphatic heterocycles. The third kappa shape index (κ3) is 3.22. The molecular weight excluding hydrogens is 234 g/mol. The van der Waals surface area contributed by atoms with E-state index in [1.807, 2.05) is 18.2 Å². The molecule has 2 rings (SSSR count). The van der Waals surface area contributed by atoms with E-state index >= 15 is 0 Å². The number of allylic oxidation sites excluding steroid dienone is 4. The van der Waals surface area contributed by atoms with Gasteiger partial charge in [-0.05, 0) is 48.8 Å². The summed E-state index contributed by atoms with van der Waals surface area (Å²) in [4.78, 5) is 4.62. The maximum absolute atomic E-state index is 5.16. The van der Waals surface area contributed by atoms with Crippen LogP contribution in [0.5, 0.6) is 0 Å². The van der Waals surface area contributed by atoms with Crippen molar-refractivity contribution in [3.05, 3.63) is 71.0 Å². The van der Waals surface area contributed by atoms with Gasteiger partial charge in [0.15, 0.2) is 0 Å². The quantitative estimate of drug-likeness (QED) is 0.800. The maximum atomic E-state index is 5.16. The van der Waals surface area contributed by atoms with E-state index in [4.69, 9.17) is 4.74 Å². The van der Waals surface area contributed by atoms with Crippen molar-refractivity contribution < 1.29 is 4.74 Å². The van der Waals surface area contributed by atoms with Gasteiger partial charge in [-0.1, -0.05) is 30.3 Å². The molecule has 0 bridgehead atoms. The number of nitrogens with zero attached hydrogens (tertiary/aromatic N) is 1. The Morgan fingerprint density at radius 2 is 2.00 bits per heavy atom. The summed E-state index contributed by atoms with van der Waals surface area (Å²) in [6.07, 6.45) is 5.76. The van der Waals surface area contributed by atoms with Crippen LogP contribution in [0.15, 0.2) is 59.3 Å². The summed E-state index contributed by atoms with van der Waals surface area (Å²) in [7, 11) is 1.65. The van der Waals surface area contributed by atoms with E-state index in [0.717, 1.165) is 17.0 Å². The van der Waals surface area contributed by atoms with Gasteiger partial charge in [0.25, 0.3) is 0 Å². The molecule has 98 valence electrons. The normalized spacial score (nSPS) is 16.7. The van der Waals surface area contributed by atoms with Crippen molar-refractivity contribution in [2.45, 2.75) is 20.4 Å². The highest BCUT2D eigenvalue weighted by Gasteiger charge is 2.07. The molecule has 1 aromatic rings. The van der Waals surface area contributed by atoms with Crippen molar-refractivity contribution >= 4 is 5.71 Å². The van der Waals surface area contributed by atoms with E-state index in [2.05, 4.69) is 43.6 Å². The molecule has 0 N–H and O–H groups in total. The third-order valence-electron chi connectivity index (χ3n) is 3.20. The minimum atomic E-state index is 0.682. The van der Waals surface area contributed by atoms with Crippen LogP contribution in [0.2, 0.25) is 0 Å². The number of ether oxygens (including phenoxy) is 1. The lowest BCUT2D eigenvalue weighted by atomic mass is 10.0. The molecule has 0 saturated heterocycles. The fourth-order valence-electron chi connectivity index (χ4n) is 2.04. The zero-order valence-electron chi connectivity index (χ0n) is 11.7. The average Bonchev–Trinajstić information content (AvgIpc) is 2.39. The van der Waals surface area contributed by atoms with Crippen molar-refractivity contribution in [1.82, 2.24) is 0 Å². The van der Waals surface area contributed by atoms with Crippen molar-refractivity contribution in [3.63, 3.8) is 0 Å². The molecule has 0 atom stereocenters. The molecule has 2 nitrogen and oxygen atoms in total. The molecule has 0 fully saturated rings. The van der Waals surface area contributed by atoms with E-state index in [9.17, 15) is 0 Å². The first-order valence-corrected chi connectivity index (χ1v) is 6.34. The molecule has 0 spiro atoms. The number of aliphatic imine (C=N–C) groups is 1. The van der Waals surface area contributed by atoms with Crippen LogP contribution in [0.1, 0.15) is 16.7 Å². The highest BCUT2D eigenvalue weighted by Crippen LogP contribution is 2.16. The summed E-state index contributed by atoms with van der Waals surface area (Å²) in [5.74, 6) is 0.815. The summed E-state index contributed by atoms with van der Waals surface area (Å²) in [6.45, 7) is 8.91. The molecule has 19 heavy (non-hydrogen) atoms. The molecule has 2 heteroatoms. The monoisotopic (exact) mass is 253 g/mol. The molecule has 0 radical (unpaired) electrons. The van der Waals surface area contributed by atoms with E-state index in [1.165, 1.54) is 16.7 Å². The highest BCUT2D eigenvalue weighted by atomic mass is 16.5. The molecule has 1 aromatic carbocycles. The van der Waals surface area contributed by atoms with Gasteiger partial charge in [0.2, 0.25) is 0 Å². The summed E-state index contributed by atoms with van der Waals surface area (Å²) >= 11 is 0. The van der Waals surface area contributed by atoms with Gasteiger partial charge in [0, 0.05) is 0 Å². The van der Waals surface area contributed by atoms with Crippen LogP contribution in [0.25, 0.3) is 0 Å². The Bertz CT molecular complexity index is 591. The Kier molecular flexibility index (Phi) is 4.00. The predicted molar refractivity (Wildman–Crippen MR) is 80.4 cm³/mol. The molecular formula is C17H19NO. The second kappa shape index (κ2) is 5.70. The second-order valence-electron chi connectivity index (χ2n) is 4.74. The molecule has 0 unspecified atom stereocenters. The number of aryl methyl sites for hydroxylation is 2. The van der Waals surface area contributed by atoms with Gasteiger partial charge in [0.1, 0.15) is 5.76 Å². The third-order valence-corrected chi connectivity index (χ3v) is 3.20. The lowest BCUT2D eigenvalue weighted by Gasteiger charge is -2.10. The molecule has 1 aliphatic carbocycles. The first-order valence-electron chi connectivity index (χ1n) is 6.34. The van der Waals surface area contributed by atoms with Crippen LogP contribution in [0.3, 0.4) is 0 Å². The fraction of sp³-hybridized carbons (Fsp3) is 0.235. The first-order chi connectivity index (χ1) is 9.10. The van der Waals surface area contributed by atoms with Gasteiger partial charge >= 0.3 is 0 Å². The number of methoxy groups -OCH3 is 1. The molecule has 0 heterocycles. The SMILES string of the molecule is C=C1C=C(OC)C=CC1=NCc1ccc(C)cc1C. The highest BCUT2D eigenvalue weighted by molar-refractivity contribution is 6.11. The lowest BCUT2D eigenvalue weighted by Crippen LogP contribution is -2.03. The fourth-order valence-corrected chi connectivity index (χ4v) is 2.04. The molecule has 0 amide bonds. The predicted octanol–water partition coefficient (Wildman–Crippen LogP) is 3.90. The smallest absolute Gasteiger partial charge is 0.119 e. The Labute approximate surface area is 114 Å². The Morgan fingerprint density at radius 1 is 1.21 bits per heavy atom. The summed E-state index contributed by atoms with van der Waals surface area (Å²) in [5, 5.41) is 0. The van der Waals surface area contributed by atoms with Crippen LogP contribution in [0.4, 0.5) is 0 Å². The van der Waals surface area contributed by atoms with Gasteiger partial charge in [-0.2, -0.15) is 0 Å². The Hall–Kier alpha value is -2.09. The minimum Gasteiger partial charge on any atom is -0.497 e. The van der Waals surface area contributed by atoms with Crippen LogP contribution in [0, 0.1) is 13.8 Å². The van der Waals surface area contributed by atoms with Crippen LogP contribution in [-0.2, 0) is 11.3 Å². The summed E-state index contributed by atoms with van der Waals surface area (Å²) < 4.78 is 5.16. The topological polar surface area (TPSA) is 21.6 Å². The van der Waals surface area contributed by atoms with Gasteiger partial charge < -0.3 is 4.74 Å². The number of hydrogen-bond donors (Lipinski definition) is 0. The van der Waals surface area contributed by atoms with Crippen molar-refractivity contribution in [3.8, 4) is 0 Å². The van der Waals surface area contributed by atoms with Gasteiger partial charge in [0.05, 0.1) is 19.4 Å². The summed E-state index contributed by atoms with van der Waals surface area (Å²) in [5.41, 5.74) is 5.62. The van der Waals surface area contributed by atoms with Crippen LogP contribution in [-0.4, -0.2) is 12.8 Å². The lowest BCUT2D eigenvalue weighted by molar-refractivity contribution is 0.306. The van der Waals surface area contributed by atoms with Crippen molar-refractivity contribution in [2.24, 2.45) is 4.99 Å². The Balaban J connectivity index is 2.14.